The first-order valence-electron chi connectivity index (χ1n) is 8.91. The number of aromatic nitrogens is 1. The number of H-pyrrole nitrogens is 1. The van der Waals surface area contributed by atoms with Gasteiger partial charge in [0.25, 0.3) is 0 Å². The molecule has 144 valence electrons. The molecule has 1 aromatic heterocycles. The lowest BCUT2D eigenvalue weighted by molar-refractivity contribution is -0.137. The Hall–Kier alpha value is -1.98. The number of unbranched alkanes of at least 4 members (excludes halogenated alkanes) is 1. The Morgan fingerprint density at radius 3 is 2.48 bits per heavy atom. The van der Waals surface area contributed by atoms with E-state index in [1.54, 1.807) is 0 Å². The van der Waals surface area contributed by atoms with E-state index in [0.29, 0.717) is 22.8 Å². The number of hydrogen-bond donors (Lipinski definition) is 2. The van der Waals surface area contributed by atoms with Gasteiger partial charge in [0.05, 0.1) is 11.3 Å². The second-order valence-corrected chi connectivity index (χ2v) is 7.33. The average molecular weight is 395 g/mol. The largest absolute Gasteiger partial charge is 0.416 e. The van der Waals surface area contributed by atoms with Gasteiger partial charge in [0.1, 0.15) is 0 Å². The van der Waals surface area contributed by atoms with Crippen LogP contribution in [0.25, 0.3) is 22.2 Å². The van der Waals surface area contributed by atoms with Gasteiger partial charge in [-0.2, -0.15) is 13.2 Å². The first-order chi connectivity index (χ1) is 12.7. The summed E-state index contributed by atoms with van der Waals surface area (Å²) in [4.78, 5) is 3.33. The first kappa shape index (κ1) is 19.8. The molecule has 3 rings (SSSR count). The van der Waals surface area contributed by atoms with Crippen LogP contribution in [0.3, 0.4) is 0 Å². The van der Waals surface area contributed by atoms with Gasteiger partial charge < -0.3 is 10.7 Å². The summed E-state index contributed by atoms with van der Waals surface area (Å²) in [6.45, 7) is 4.60. The van der Waals surface area contributed by atoms with Gasteiger partial charge in [-0.15, -0.1) is 0 Å². The van der Waals surface area contributed by atoms with E-state index in [2.05, 4.69) is 11.1 Å². The minimum absolute atomic E-state index is 0.295. The van der Waals surface area contributed by atoms with Gasteiger partial charge in [0, 0.05) is 21.5 Å². The lowest BCUT2D eigenvalue weighted by Crippen LogP contribution is -2.05. The van der Waals surface area contributed by atoms with Crippen molar-refractivity contribution in [2.45, 2.75) is 39.3 Å². The fourth-order valence-corrected chi connectivity index (χ4v) is 3.83. The maximum absolute atomic E-state index is 13.2. The summed E-state index contributed by atoms with van der Waals surface area (Å²) >= 11 is 6.31. The third-order valence-electron chi connectivity index (χ3n) is 4.79. The summed E-state index contributed by atoms with van der Waals surface area (Å²) in [6, 6.07) is 7.55. The SMILES string of the molecule is Cc1cc(C)c2c(CCCCN)c(-c3cc(C(F)(F)F)ccc3Cl)[nH]c2c1. The number of rotatable bonds is 5. The smallest absolute Gasteiger partial charge is 0.354 e. The highest BCUT2D eigenvalue weighted by Crippen LogP contribution is 2.40. The maximum atomic E-state index is 13.2. The van der Waals surface area contributed by atoms with Crippen LogP contribution < -0.4 is 5.73 Å². The molecule has 0 bridgehead atoms. The van der Waals surface area contributed by atoms with Crippen LogP contribution in [-0.4, -0.2) is 11.5 Å². The molecule has 0 radical (unpaired) electrons. The standard InChI is InChI=1S/C21H22ClF3N2/c1-12-9-13(2)19-15(5-3-4-8-26)20(27-18(19)10-12)16-11-14(21(23,24)25)6-7-17(16)22/h6-7,9-11,27H,3-5,8,26H2,1-2H3. The van der Waals surface area contributed by atoms with E-state index in [4.69, 9.17) is 17.3 Å². The number of nitrogens with two attached hydrogens (primary N) is 1. The second kappa shape index (κ2) is 7.56. The Labute approximate surface area is 161 Å². The fourth-order valence-electron chi connectivity index (χ4n) is 3.62. The molecular weight excluding hydrogens is 373 g/mol. The summed E-state index contributed by atoms with van der Waals surface area (Å²) in [6.07, 6.45) is -1.98. The quantitative estimate of drug-likeness (QED) is 0.482. The topological polar surface area (TPSA) is 41.8 Å². The molecule has 0 spiro atoms. The molecule has 27 heavy (non-hydrogen) atoms. The molecule has 0 atom stereocenters. The highest BCUT2D eigenvalue weighted by atomic mass is 35.5. The van der Waals surface area contributed by atoms with Gasteiger partial charge in [-0.05, 0) is 80.6 Å². The Balaban J connectivity index is 2.24. The summed E-state index contributed by atoms with van der Waals surface area (Å²) in [5.74, 6) is 0. The molecular formula is C21H22ClF3N2. The van der Waals surface area contributed by atoms with Gasteiger partial charge in [0.15, 0.2) is 0 Å². The Kier molecular flexibility index (Phi) is 5.54. The number of aryl methyl sites for hydroxylation is 3. The summed E-state index contributed by atoms with van der Waals surface area (Å²) < 4.78 is 39.7. The molecule has 0 amide bonds. The van der Waals surface area contributed by atoms with E-state index in [9.17, 15) is 13.2 Å². The van der Waals surface area contributed by atoms with Crippen LogP contribution >= 0.6 is 11.6 Å². The van der Waals surface area contributed by atoms with Crippen molar-refractivity contribution < 1.29 is 13.2 Å². The van der Waals surface area contributed by atoms with E-state index in [0.717, 1.165) is 59.0 Å². The summed E-state index contributed by atoms with van der Waals surface area (Å²) in [5, 5.41) is 1.35. The molecule has 6 heteroatoms. The van der Waals surface area contributed by atoms with Gasteiger partial charge >= 0.3 is 6.18 Å². The number of fused-ring (bicyclic) bond motifs is 1. The van der Waals surface area contributed by atoms with Crippen molar-refractivity contribution in [2.24, 2.45) is 5.73 Å². The molecule has 0 aliphatic carbocycles. The van der Waals surface area contributed by atoms with Crippen molar-refractivity contribution in [3.8, 4) is 11.3 Å². The second-order valence-electron chi connectivity index (χ2n) is 6.92. The van der Waals surface area contributed by atoms with E-state index in [1.807, 2.05) is 19.9 Å². The van der Waals surface area contributed by atoms with E-state index >= 15 is 0 Å². The van der Waals surface area contributed by atoms with Gasteiger partial charge in [-0.25, -0.2) is 0 Å². The van der Waals surface area contributed by atoms with E-state index < -0.39 is 11.7 Å². The molecule has 2 nitrogen and oxygen atoms in total. The Bertz CT molecular complexity index is 974. The minimum atomic E-state index is -4.42. The normalized spacial score (nSPS) is 12.1. The van der Waals surface area contributed by atoms with Crippen molar-refractivity contribution in [1.82, 2.24) is 4.98 Å². The highest BCUT2D eigenvalue weighted by molar-refractivity contribution is 6.33. The van der Waals surface area contributed by atoms with Crippen molar-refractivity contribution in [2.75, 3.05) is 6.54 Å². The van der Waals surface area contributed by atoms with Crippen LogP contribution in [-0.2, 0) is 12.6 Å². The van der Waals surface area contributed by atoms with Gasteiger partial charge in [-0.3, -0.25) is 0 Å². The fraction of sp³-hybridized carbons (Fsp3) is 0.333. The first-order valence-corrected chi connectivity index (χ1v) is 9.29. The Morgan fingerprint density at radius 1 is 1.07 bits per heavy atom. The molecule has 0 unspecified atom stereocenters. The number of nitrogens with one attached hydrogen (secondary N) is 1. The summed E-state index contributed by atoms with van der Waals surface area (Å²) in [5.41, 5.74) is 10.0. The molecule has 2 aromatic carbocycles. The lowest BCUT2D eigenvalue weighted by atomic mass is 9.96. The van der Waals surface area contributed by atoms with Crippen LogP contribution in [0.1, 0.15) is 35.1 Å². The average Bonchev–Trinajstić information content (AvgIpc) is 2.93. The molecule has 0 saturated heterocycles. The molecule has 0 aliphatic heterocycles. The van der Waals surface area contributed by atoms with E-state index in [-0.39, 0.29) is 0 Å². The number of halogens is 4. The lowest BCUT2D eigenvalue weighted by Gasteiger charge is -2.12. The monoisotopic (exact) mass is 394 g/mol. The van der Waals surface area contributed by atoms with Crippen LogP contribution in [0, 0.1) is 13.8 Å². The van der Waals surface area contributed by atoms with Crippen molar-refractivity contribution >= 4 is 22.5 Å². The Morgan fingerprint density at radius 2 is 1.81 bits per heavy atom. The zero-order valence-electron chi connectivity index (χ0n) is 15.3. The number of aromatic amines is 1. The van der Waals surface area contributed by atoms with E-state index in [1.165, 1.54) is 6.07 Å². The predicted molar refractivity (Wildman–Crippen MR) is 105 cm³/mol. The van der Waals surface area contributed by atoms with Crippen LogP contribution in [0.15, 0.2) is 30.3 Å². The highest BCUT2D eigenvalue weighted by Gasteiger charge is 2.31. The molecule has 1 heterocycles. The zero-order chi connectivity index (χ0) is 19.8. The minimum Gasteiger partial charge on any atom is -0.354 e. The van der Waals surface area contributed by atoms with Gasteiger partial charge in [-0.1, -0.05) is 17.7 Å². The van der Waals surface area contributed by atoms with Crippen LogP contribution in [0.5, 0.6) is 0 Å². The van der Waals surface area contributed by atoms with Crippen LogP contribution in [0.2, 0.25) is 5.02 Å². The van der Waals surface area contributed by atoms with Crippen molar-refractivity contribution in [3.63, 3.8) is 0 Å². The third kappa shape index (κ3) is 3.99. The van der Waals surface area contributed by atoms with Crippen LogP contribution in [0.4, 0.5) is 13.2 Å². The van der Waals surface area contributed by atoms with Crippen molar-refractivity contribution in [3.05, 3.63) is 57.6 Å². The number of hydrogen-bond acceptors (Lipinski definition) is 1. The maximum Gasteiger partial charge on any atom is 0.416 e. The third-order valence-corrected chi connectivity index (χ3v) is 5.12. The predicted octanol–water partition coefficient (Wildman–Crippen LogP) is 6.41. The number of alkyl halides is 3. The van der Waals surface area contributed by atoms with Crippen molar-refractivity contribution in [1.29, 1.82) is 0 Å². The molecule has 3 aromatic rings. The summed E-state index contributed by atoms with van der Waals surface area (Å²) in [7, 11) is 0. The molecule has 0 saturated carbocycles. The molecule has 3 N–H and O–H groups in total. The zero-order valence-corrected chi connectivity index (χ0v) is 16.1. The number of benzene rings is 2. The molecule has 0 fully saturated rings. The molecule has 0 aliphatic rings. The van der Waals surface area contributed by atoms with Gasteiger partial charge in [0.2, 0.25) is 0 Å².